The summed E-state index contributed by atoms with van der Waals surface area (Å²) >= 11 is 0. The fraction of sp³-hybridized carbons (Fsp3) is 0.423. The molecular weight excluding hydrogens is 523 g/mol. The van der Waals surface area contributed by atoms with Gasteiger partial charge < -0.3 is 20.6 Å². The van der Waals surface area contributed by atoms with Gasteiger partial charge in [0, 0.05) is 39.8 Å². The van der Waals surface area contributed by atoms with Gasteiger partial charge in [0.1, 0.15) is 18.0 Å². The van der Waals surface area contributed by atoms with Crippen molar-refractivity contribution in [2.75, 3.05) is 14.1 Å². The first-order chi connectivity index (χ1) is 19.0. The maximum absolute atomic E-state index is 14.0. The quantitative estimate of drug-likeness (QED) is 0.383. The number of hydrogen-bond donors (Lipinski definition) is 3. The van der Waals surface area contributed by atoms with Crippen LogP contribution in [0.15, 0.2) is 29.3 Å². The lowest BCUT2D eigenvalue weighted by Gasteiger charge is -2.37. The average molecular weight is 553 g/mol. The lowest BCUT2D eigenvalue weighted by atomic mass is 9.77. The third-order valence-electron chi connectivity index (χ3n) is 7.60. The van der Waals surface area contributed by atoms with Crippen LogP contribution in [-0.2, 0) is 35.3 Å². The van der Waals surface area contributed by atoms with Crippen molar-refractivity contribution in [3.8, 4) is 17.1 Å². The largest absolute Gasteiger partial charge is 0.501 e. The van der Waals surface area contributed by atoms with Gasteiger partial charge in [0.2, 0.25) is 5.75 Å². The van der Waals surface area contributed by atoms with Crippen LogP contribution in [0, 0.1) is 11.7 Å². The molecule has 2 bridgehead atoms. The van der Waals surface area contributed by atoms with Crippen LogP contribution in [0.1, 0.15) is 47.6 Å². The zero-order chi connectivity index (χ0) is 28.8. The SMILES string of the molecule is CN(C)C(=O)C(=O)NC12CCC(CC1)Cn1c2nc(C(=O)NCc2ccc(F)cc2-c2ncnn2C)c(O)c1=O. The van der Waals surface area contributed by atoms with E-state index < -0.39 is 46.1 Å². The van der Waals surface area contributed by atoms with E-state index in [0.29, 0.717) is 42.6 Å². The van der Waals surface area contributed by atoms with Gasteiger partial charge in [-0.15, -0.1) is 0 Å². The molecule has 0 radical (unpaired) electrons. The molecule has 13 nitrogen and oxygen atoms in total. The van der Waals surface area contributed by atoms with Crippen LogP contribution in [-0.4, -0.2) is 66.1 Å². The smallest absolute Gasteiger partial charge is 0.311 e. The molecule has 3 amide bonds. The standard InChI is InChI=1S/C26H29FN8O5/c1-33(2)24(40)22(38)32-26-8-6-14(7-9-26)12-35-23(39)19(36)18(31-25(26)35)21(37)28-11-15-4-5-16(27)10-17(15)20-29-13-30-34(20)3/h4-5,10,13-14,36H,6-9,11-12H2,1-3H3,(H,28,37)(H,32,38). The number of amides is 3. The molecule has 210 valence electrons. The summed E-state index contributed by atoms with van der Waals surface area (Å²) in [7, 11) is 4.56. The van der Waals surface area contributed by atoms with E-state index in [1.165, 1.54) is 47.9 Å². The number of rotatable bonds is 5. The van der Waals surface area contributed by atoms with E-state index in [0.717, 1.165) is 4.90 Å². The molecule has 0 saturated heterocycles. The van der Waals surface area contributed by atoms with Crippen molar-refractivity contribution < 1.29 is 23.9 Å². The molecule has 2 aliphatic heterocycles. The Hall–Kier alpha value is -4.62. The number of hydrogen-bond acceptors (Lipinski definition) is 8. The Morgan fingerprint density at radius 2 is 1.95 bits per heavy atom. The third kappa shape index (κ3) is 4.69. The summed E-state index contributed by atoms with van der Waals surface area (Å²) < 4.78 is 16.8. The number of fused-ring (bicyclic) bond motifs is 2. The minimum absolute atomic E-state index is 0.0951. The number of aromatic hydroxyl groups is 1. The van der Waals surface area contributed by atoms with Gasteiger partial charge in [-0.25, -0.2) is 19.0 Å². The minimum atomic E-state index is -1.16. The molecule has 0 spiro atoms. The number of nitrogens with zero attached hydrogens (tertiary/aromatic N) is 6. The van der Waals surface area contributed by atoms with Gasteiger partial charge in [-0.05, 0) is 49.3 Å². The molecule has 2 aromatic heterocycles. The molecule has 0 atom stereocenters. The monoisotopic (exact) mass is 552 g/mol. The Morgan fingerprint density at radius 1 is 1.23 bits per heavy atom. The molecule has 0 unspecified atom stereocenters. The Balaban J connectivity index is 1.49. The number of carbonyl (C=O) groups excluding carboxylic acids is 3. The number of carbonyl (C=O) groups is 3. The van der Waals surface area contributed by atoms with E-state index in [9.17, 15) is 28.7 Å². The van der Waals surface area contributed by atoms with Crippen molar-refractivity contribution in [1.29, 1.82) is 0 Å². The van der Waals surface area contributed by atoms with Crippen LogP contribution < -0.4 is 16.2 Å². The Morgan fingerprint density at radius 3 is 2.60 bits per heavy atom. The number of aromatic nitrogens is 5. The molecule has 3 N–H and O–H groups in total. The first-order valence-electron chi connectivity index (χ1n) is 12.8. The molecule has 1 aromatic carbocycles. The highest BCUT2D eigenvalue weighted by molar-refractivity contribution is 6.35. The summed E-state index contributed by atoms with van der Waals surface area (Å²) in [6.45, 7) is 0.175. The predicted octanol–water partition coefficient (Wildman–Crippen LogP) is 0.417. The van der Waals surface area contributed by atoms with Gasteiger partial charge in [0.05, 0.1) is 5.54 Å². The second-order valence-corrected chi connectivity index (χ2v) is 10.4. The number of aryl methyl sites for hydroxylation is 1. The molecule has 6 rings (SSSR count). The summed E-state index contributed by atoms with van der Waals surface area (Å²) in [5, 5.41) is 20.2. The van der Waals surface area contributed by atoms with E-state index in [2.05, 4.69) is 25.7 Å². The maximum Gasteiger partial charge on any atom is 0.311 e. The summed E-state index contributed by atoms with van der Waals surface area (Å²) in [5.41, 5.74) is -1.54. The van der Waals surface area contributed by atoms with Crippen molar-refractivity contribution in [2.45, 2.75) is 44.3 Å². The van der Waals surface area contributed by atoms with Gasteiger partial charge in [0.25, 0.3) is 11.5 Å². The van der Waals surface area contributed by atoms with Gasteiger partial charge in [-0.1, -0.05) is 6.07 Å². The molecule has 14 heteroatoms. The molecule has 1 fully saturated rings. The number of benzene rings is 1. The highest BCUT2D eigenvalue weighted by atomic mass is 19.1. The third-order valence-corrected chi connectivity index (χ3v) is 7.60. The first kappa shape index (κ1) is 27.0. The van der Waals surface area contributed by atoms with Gasteiger partial charge in [-0.3, -0.25) is 23.7 Å². The van der Waals surface area contributed by atoms with Crippen molar-refractivity contribution in [3.63, 3.8) is 0 Å². The Labute approximate surface area is 228 Å². The number of likely N-dealkylation sites (N-methyl/N-ethyl adjacent to an activating group) is 1. The summed E-state index contributed by atoms with van der Waals surface area (Å²) in [6.07, 6.45) is 3.48. The zero-order valence-electron chi connectivity index (χ0n) is 22.3. The lowest BCUT2D eigenvalue weighted by Crippen LogP contribution is -2.53. The molecule has 40 heavy (non-hydrogen) atoms. The molecule has 1 aliphatic carbocycles. The molecule has 1 saturated carbocycles. The highest BCUT2D eigenvalue weighted by Crippen LogP contribution is 2.43. The highest BCUT2D eigenvalue weighted by Gasteiger charge is 2.46. The average Bonchev–Trinajstić information content (AvgIpc) is 3.22. The van der Waals surface area contributed by atoms with Gasteiger partial charge in [0.15, 0.2) is 11.5 Å². The predicted molar refractivity (Wildman–Crippen MR) is 138 cm³/mol. The molecule has 4 heterocycles. The van der Waals surface area contributed by atoms with Gasteiger partial charge in [-0.2, -0.15) is 5.10 Å². The Bertz CT molecular complexity index is 1570. The number of halogens is 1. The summed E-state index contributed by atoms with van der Waals surface area (Å²) in [5.74, 6) is -3.14. The van der Waals surface area contributed by atoms with Crippen molar-refractivity contribution in [3.05, 3.63) is 57.8 Å². The normalized spacial score (nSPS) is 19.4. The van der Waals surface area contributed by atoms with Crippen LogP contribution in [0.4, 0.5) is 4.39 Å². The molecule has 3 aliphatic rings. The van der Waals surface area contributed by atoms with Crippen molar-refractivity contribution in [2.24, 2.45) is 13.0 Å². The maximum atomic E-state index is 14.0. The Kier molecular flexibility index (Phi) is 6.85. The second kappa shape index (κ2) is 10.2. The van der Waals surface area contributed by atoms with E-state index >= 15 is 0 Å². The van der Waals surface area contributed by atoms with Crippen molar-refractivity contribution in [1.82, 2.24) is 39.8 Å². The zero-order valence-corrected chi connectivity index (χ0v) is 22.3. The molecular formula is C26H29FN8O5. The van der Waals surface area contributed by atoms with Crippen LogP contribution in [0.5, 0.6) is 5.75 Å². The van der Waals surface area contributed by atoms with Crippen LogP contribution in [0.2, 0.25) is 0 Å². The van der Waals surface area contributed by atoms with E-state index in [4.69, 9.17) is 0 Å². The molecule has 3 aromatic rings. The van der Waals surface area contributed by atoms with Crippen LogP contribution >= 0.6 is 0 Å². The van der Waals surface area contributed by atoms with E-state index in [1.807, 2.05) is 0 Å². The summed E-state index contributed by atoms with van der Waals surface area (Å²) in [4.78, 5) is 61.4. The lowest BCUT2D eigenvalue weighted by molar-refractivity contribution is -0.145. The number of nitrogens with one attached hydrogen (secondary N) is 2. The van der Waals surface area contributed by atoms with Crippen LogP contribution in [0.3, 0.4) is 0 Å². The van der Waals surface area contributed by atoms with E-state index in [1.54, 1.807) is 7.05 Å². The summed E-state index contributed by atoms with van der Waals surface area (Å²) in [6, 6.07) is 4.00. The fourth-order valence-electron chi connectivity index (χ4n) is 5.44. The van der Waals surface area contributed by atoms with E-state index in [-0.39, 0.29) is 24.8 Å². The first-order valence-corrected chi connectivity index (χ1v) is 12.8. The van der Waals surface area contributed by atoms with Gasteiger partial charge >= 0.3 is 11.8 Å². The fourth-order valence-corrected chi connectivity index (χ4v) is 5.44. The van der Waals surface area contributed by atoms with Crippen LogP contribution in [0.25, 0.3) is 11.4 Å². The topological polar surface area (TPSA) is 164 Å². The minimum Gasteiger partial charge on any atom is -0.501 e. The van der Waals surface area contributed by atoms with Crippen molar-refractivity contribution >= 4 is 17.7 Å². The second-order valence-electron chi connectivity index (χ2n) is 10.4.